The molecule has 0 radical (unpaired) electrons. The van der Waals surface area contributed by atoms with Crippen LogP contribution >= 0.6 is 0 Å². The Kier molecular flexibility index (Phi) is 5.96. The average Bonchev–Trinajstić information content (AvgIpc) is 3.16. The number of nitrogens with one attached hydrogen (secondary N) is 2. The SMILES string of the molecule is FC(F)CN1CCC2(CC(c3cc(C(F)F)cc4cnc(NC5CCNCC5)nc34)C2)C1. The van der Waals surface area contributed by atoms with Crippen molar-refractivity contribution in [3.05, 3.63) is 29.5 Å². The van der Waals surface area contributed by atoms with Crippen molar-refractivity contribution in [2.45, 2.75) is 56.9 Å². The van der Waals surface area contributed by atoms with E-state index in [9.17, 15) is 17.6 Å². The minimum Gasteiger partial charge on any atom is -0.351 e. The number of hydrogen-bond acceptors (Lipinski definition) is 5. The van der Waals surface area contributed by atoms with Gasteiger partial charge in [-0.05, 0) is 80.8 Å². The normalized spacial score (nSPS) is 27.0. The molecule has 1 spiro atoms. The van der Waals surface area contributed by atoms with Gasteiger partial charge in [0.2, 0.25) is 5.95 Å². The Labute approximate surface area is 185 Å². The fraction of sp³-hybridized carbons (Fsp3) is 0.652. The van der Waals surface area contributed by atoms with Crippen LogP contribution in [0.15, 0.2) is 18.3 Å². The summed E-state index contributed by atoms with van der Waals surface area (Å²) in [6, 6.07) is 3.37. The number of halogens is 4. The highest BCUT2D eigenvalue weighted by atomic mass is 19.3. The third kappa shape index (κ3) is 4.41. The molecule has 2 saturated heterocycles. The van der Waals surface area contributed by atoms with E-state index in [0.717, 1.165) is 56.3 Å². The maximum Gasteiger partial charge on any atom is 0.263 e. The van der Waals surface area contributed by atoms with Crippen molar-refractivity contribution >= 4 is 16.9 Å². The molecular formula is C23H29F4N5. The second-order valence-electron chi connectivity index (χ2n) is 9.69. The summed E-state index contributed by atoms with van der Waals surface area (Å²) in [7, 11) is 0. The van der Waals surface area contributed by atoms with Gasteiger partial charge in [-0.15, -0.1) is 0 Å². The first kappa shape index (κ1) is 21.8. The minimum absolute atomic E-state index is 0.0122. The number of fused-ring (bicyclic) bond motifs is 1. The zero-order chi connectivity index (χ0) is 22.3. The summed E-state index contributed by atoms with van der Waals surface area (Å²) in [4.78, 5) is 11.0. The highest BCUT2D eigenvalue weighted by Crippen LogP contribution is 2.57. The molecule has 0 amide bonds. The lowest BCUT2D eigenvalue weighted by Gasteiger charge is -2.46. The molecule has 1 saturated carbocycles. The van der Waals surface area contributed by atoms with Crippen molar-refractivity contribution in [1.29, 1.82) is 0 Å². The van der Waals surface area contributed by atoms with Crippen LogP contribution in [0, 0.1) is 5.41 Å². The van der Waals surface area contributed by atoms with Gasteiger partial charge < -0.3 is 10.6 Å². The minimum atomic E-state index is -2.56. The molecule has 3 fully saturated rings. The van der Waals surface area contributed by atoms with Gasteiger partial charge in [0.05, 0.1) is 12.1 Å². The lowest BCUT2D eigenvalue weighted by atomic mass is 9.59. The number of aromatic nitrogens is 2. The molecule has 1 aliphatic carbocycles. The maximum atomic E-state index is 13.6. The second kappa shape index (κ2) is 8.74. The van der Waals surface area contributed by atoms with Crippen LogP contribution in [-0.4, -0.2) is 60.1 Å². The summed E-state index contributed by atoms with van der Waals surface area (Å²) in [5.74, 6) is 0.651. The first-order chi connectivity index (χ1) is 15.4. The number of piperidine rings is 1. The van der Waals surface area contributed by atoms with Crippen molar-refractivity contribution in [3.8, 4) is 0 Å². The van der Waals surface area contributed by atoms with Crippen LogP contribution in [0.4, 0.5) is 23.5 Å². The molecule has 3 aliphatic rings. The van der Waals surface area contributed by atoms with Gasteiger partial charge in [0.1, 0.15) is 0 Å². The number of alkyl halides is 4. The predicted molar refractivity (Wildman–Crippen MR) is 115 cm³/mol. The summed E-state index contributed by atoms with van der Waals surface area (Å²) in [6.07, 6.45) is 1.27. The van der Waals surface area contributed by atoms with E-state index in [1.165, 1.54) is 6.07 Å². The molecule has 32 heavy (non-hydrogen) atoms. The number of benzene rings is 1. The topological polar surface area (TPSA) is 53.1 Å². The smallest absolute Gasteiger partial charge is 0.263 e. The number of likely N-dealkylation sites (tertiary alicyclic amines) is 1. The molecule has 0 bridgehead atoms. The Morgan fingerprint density at radius 1 is 1.16 bits per heavy atom. The van der Waals surface area contributed by atoms with E-state index in [2.05, 4.69) is 15.6 Å². The summed E-state index contributed by atoms with van der Waals surface area (Å²) in [6.45, 7) is 3.05. The van der Waals surface area contributed by atoms with Gasteiger partial charge in [-0.3, -0.25) is 4.90 Å². The van der Waals surface area contributed by atoms with Gasteiger partial charge in [0.15, 0.2) is 0 Å². The van der Waals surface area contributed by atoms with Crippen LogP contribution in [0.2, 0.25) is 0 Å². The van der Waals surface area contributed by atoms with Gasteiger partial charge >= 0.3 is 0 Å². The Morgan fingerprint density at radius 3 is 2.66 bits per heavy atom. The van der Waals surface area contributed by atoms with Crippen molar-refractivity contribution in [1.82, 2.24) is 20.2 Å². The fourth-order valence-corrected chi connectivity index (χ4v) is 5.77. The monoisotopic (exact) mass is 451 g/mol. The Hall–Kier alpha value is -2.00. The van der Waals surface area contributed by atoms with Gasteiger partial charge in [0.25, 0.3) is 12.9 Å². The van der Waals surface area contributed by atoms with Gasteiger partial charge in [-0.25, -0.2) is 27.5 Å². The molecule has 3 heterocycles. The highest BCUT2D eigenvalue weighted by molar-refractivity contribution is 5.83. The molecule has 0 atom stereocenters. The largest absolute Gasteiger partial charge is 0.351 e. The standard InChI is InChI=1S/C23H29F4N5/c24-19(25)12-32-6-3-23(13-32)9-16(10-23)18-8-14(21(26)27)7-15-11-29-22(31-20(15)18)30-17-1-4-28-5-2-17/h7-8,11,16-17,19,21,28H,1-6,9-10,12-13H2,(H,29,30,31). The molecule has 2 N–H and O–H groups in total. The lowest BCUT2D eigenvalue weighted by molar-refractivity contribution is 0.0717. The zero-order valence-electron chi connectivity index (χ0n) is 18.0. The average molecular weight is 452 g/mol. The van der Waals surface area contributed by atoms with E-state index in [1.807, 2.05) is 4.90 Å². The van der Waals surface area contributed by atoms with Crippen LogP contribution in [-0.2, 0) is 0 Å². The predicted octanol–water partition coefficient (Wildman–Crippen LogP) is 4.57. The van der Waals surface area contributed by atoms with E-state index >= 15 is 0 Å². The van der Waals surface area contributed by atoms with Crippen LogP contribution < -0.4 is 10.6 Å². The third-order valence-corrected chi connectivity index (χ3v) is 7.37. The highest BCUT2D eigenvalue weighted by Gasteiger charge is 2.49. The molecule has 5 rings (SSSR count). The molecule has 174 valence electrons. The Morgan fingerprint density at radius 2 is 1.94 bits per heavy atom. The van der Waals surface area contributed by atoms with Crippen molar-refractivity contribution < 1.29 is 17.6 Å². The third-order valence-electron chi connectivity index (χ3n) is 7.37. The molecule has 0 unspecified atom stereocenters. The Balaban J connectivity index is 1.39. The van der Waals surface area contributed by atoms with Crippen molar-refractivity contribution in [2.24, 2.45) is 5.41 Å². The number of hydrogen-bond donors (Lipinski definition) is 2. The van der Waals surface area contributed by atoms with Crippen LogP contribution in [0.25, 0.3) is 10.9 Å². The molecular weight excluding hydrogens is 422 g/mol. The van der Waals surface area contributed by atoms with Gasteiger partial charge in [-0.1, -0.05) is 0 Å². The summed E-state index contributed by atoms with van der Waals surface area (Å²) in [5, 5.41) is 7.35. The van der Waals surface area contributed by atoms with E-state index in [0.29, 0.717) is 30.5 Å². The van der Waals surface area contributed by atoms with Gasteiger partial charge in [-0.2, -0.15) is 0 Å². The molecule has 5 nitrogen and oxygen atoms in total. The van der Waals surface area contributed by atoms with Crippen LogP contribution in [0.1, 0.15) is 55.6 Å². The Bertz CT molecular complexity index is 957. The maximum absolute atomic E-state index is 13.6. The molecule has 1 aromatic carbocycles. The van der Waals surface area contributed by atoms with Crippen molar-refractivity contribution in [3.63, 3.8) is 0 Å². The van der Waals surface area contributed by atoms with Gasteiger partial charge in [0, 0.05) is 29.7 Å². The molecule has 2 aliphatic heterocycles. The molecule has 2 aromatic rings. The van der Waals surface area contributed by atoms with Crippen LogP contribution in [0.5, 0.6) is 0 Å². The summed E-state index contributed by atoms with van der Waals surface area (Å²) in [5.41, 5.74) is 1.58. The zero-order valence-corrected chi connectivity index (χ0v) is 18.0. The first-order valence-corrected chi connectivity index (χ1v) is 11.5. The summed E-state index contributed by atoms with van der Waals surface area (Å²) >= 11 is 0. The van der Waals surface area contributed by atoms with E-state index in [-0.39, 0.29) is 23.4 Å². The number of nitrogens with zero attached hydrogens (tertiary/aromatic N) is 3. The van der Waals surface area contributed by atoms with E-state index in [1.54, 1.807) is 12.3 Å². The van der Waals surface area contributed by atoms with Crippen LogP contribution in [0.3, 0.4) is 0 Å². The lowest BCUT2D eigenvalue weighted by Crippen LogP contribution is -2.39. The summed E-state index contributed by atoms with van der Waals surface area (Å²) < 4.78 is 52.7. The van der Waals surface area contributed by atoms with Crippen molar-refractivity contribution in [2.75, 3.05) is 38.0 Å². The molecule has 1 aromatic heterocycles. The van der Waals surface area contributed by atoms with E-state index in [4.69, 9.17) is 4.98 Å². The molecule has 9 heteroatoms. The quantitative estimate of drug-likeness (QED) is 0.631. The number of rotatable bonds is 6. The second-order valence-corrected chi connectivity index (χ2v) is 9.69. The van der Waals surface area contributed by atoms with E-state index < -0.39 is 12.9 Å². The fourth-order valence-electron chi connectivity index (χ4n) is 5.77. The first-order valence-electron chi connectivity index (χ1n) is 11.5. The number of anilines is 1.